The summed E-state index contributed by atoms with van der Waals surface area (Å²) in [6.07, 6.45) is 3.63. The molecule has 1 aliphatic carbocycles. The van der Waals surface area contributed by atoms with Gasteiger partial charge in [0.05, 0.1) is 25.2 Å². The van der Waals surface area contributed by atoms with E-state index in [0.717, 1.165) is 5.56 Å². The second kappa shape index (κ2) is 9.49. The highest BCUT2D eigenvalue weighted by atomic mass is 16.5. The average Bonchev–Trinajstić information content (AvgIpc) is 2.86. The lowest BCUT2D eigenvalue weighted by Gasteiger charge is -2.16. The van der Waals surface area contributed by atoms with E-state index in [0.29, 0.717) is 12.8 Å². The monoisotopic (exact) mass is 346 g/mol. The molecule has 2 N–H and O–H groups in total. The molecule has 1 aromatic rings. The molecule has 0 aromatic heterocycles. The third kappa shape index (κ3) is 5.51. The van der Waals surface area contributed by atoms with Crippen molar-refractivity contribution in [3.63, 3.8) is 0 Å². The van der Waals surface area contributed by atoms with Crippen LogP contribution in [0.4, 0.5) is 0 Å². The maximum atomic E-state index is 12.0. The van der Waals surface area contributed by atoms with Crippen molar-refractivity contribution < 1.29 is 24.5 Å². The molecule has 1 aromatic carbocycles. The Hall–Kier alpha value is -1.98. The van der Waals surface area contributed by atoms with Crippen molar-refractivity contribution in [3.8, 4) is 0 Å². The topological polar surface area (TPSA) is 83.8 Å². The average molecular weight is 346 g/mol. The molecule has 1 fully saturated rings. The highest BCUT2D eigenvalue weighted by Gasteiger charge is 2.41. The summed E-state index contributed by atoms with van der Waals surface area (Å²) in [5.41, 5.74) is 0.868. The molecule has 0 bridgehead atoms. The summed E-state index contributed by atoms with van der Waals surface area (Å²) < 4.78 is 4.91. The highest BCUT2D eigenvalue weighted by molar-refractivity contribution is 5.88. The number of carbonyl (C=O) groups excluding carboxylic acids is 2. The first-order valence-corrected chi connectivity index (χ1v) is 8.79. The van der Waals surface area contributed by atoms with Crippen LogP contribution in [0.3, 0.4) is 0 Å². The van der Waals surface area contributed by atoms with Crippen molar-refractivity contribution in [1.29, 1.82) is 0 Å². The molecule has 0 aliphatic heterocycles. The molecule has 1 aliphatic rings. The maximum Gasteiger partial charge on any atom is 0.306 e. The molecule has 1 unspecified atom stereocenters. The van der Waals surface area contributed by atoms with E-state index in [9.17, 15) is 19.8 Å². The quantitative estimate of drug-likeness (QED) is 0.558. The Balaban J connectivity index is 1.88. The number of aliphatic hydroxyl groups is 2. The second-order valence-electron chi connectivity index (χ2n) is 6.36. The Bertz CT molecular complexity index is 595. The molecular weight excluding hydrogens is 320 g/mol. The minimum absolute atomic E-state index is 0.00534. The van der Waals surface area contributed by atoms with Crippen molar-refractivity contribution in [3.05, 3.63) is 48.0 Å². The van der Waals surface area contributed by atoms with Crippen LogP contribution in [0.5, 0.6) is 0 Å². The van der Waals surface area contributed by atoms with Crippen LogP contribution in [0.2, 0.25) is 0 Å². The molecule has 5 nitrogen and oxygen atoms in total. The smallest absolute Gasteiger partial charge is 0.306 e. The van der Waals surface area contributed by atoms with E-state index in [1.54, 1.807) is 13.0 Å². The zero-order valence-corrected chi connectivity index (χ0v) is 14.5. The van der Waals surface area contributed by atoms with Gasteiger partial charge in [0.2, 0.25) is 0 Å². The molecule has 0 heterocycles. The van der Waals surface area contributed by atoms with Gasteiger partial charge in [-0.15, -0.1) is 0 Å². The van der Waals surface area contributed by atoms with Gasteiger partial charge in [-0.1, -0.05) is 42.5 Å². The van der Waals surface area contributed by atoms with Crippen LogP contribution in [0, 0.1) is 11.8 Å². The minimum atomic E-state index is -0.762. The van der Waals surface area contributed by atoms with E-state index in [2.05, 4.69) is 0 Å². The molecule has 0 amide bonds. The SMILES string of the molecule is CCOC(=O)C[C@H]1C(=O)C[C@H](O)[C@@H]1/C=C/CCC(O)c1ccccc1. The number of Topliss-reactive ketones (excluding diaryl/α,β-unsaturated/α-hetero) is 1. The molecule has 0 saturated heterocycles. The van der Waals surface area contributed by atoms with Crippen molar-refractivity contribution in [2.24, 2.45) is 11.8 Å². The van der Waals surface area contributed by atoms with Crippen LogP contribution in [0.1, 0.15) is 44.3 Å². The molecule has 2 rings (SSSR count). The van der Waals surface area contributed by atoms with E-state index in [1.165, 1.54) is 0 Å². The summed E-state index contributed by atoms with van der Waals surface area (Å²) in [6.45, 7) is 2.00. The number of ether oxygens (including phenoxy) is 1. The van der Waals surface area contributed by atoms with Gasteiger partial charge in [-0.2, -0.15) is 0 Å². The van der Waals surface area contributed by atoms with Crippen LogP contribution in [0.15, 0.2) is 42.5 Å². The van der Waals surface area contributed by atoms with Crippen LogP contribution >= 0.6 is 0 Å². The predicted octanol–water partition coefficient (Wildman–Crippen LogP) is 2.58. The molecule has 5 heteroatoms. The largest absolute Gasteiger partial charge is 0.466 e. The lowest BCUT2D eigenvalue weighted by molar-refractivity contribution is -0.146. The lowest BCUT2D eigenvalue weighted by Crippen LogP contribution is -2.22. The third-order valence-corrected chi connectivity index (χ3v) is 4.57. The summed E-state index contributed by atoms with van der Waals surface area (Å²) in [4.78, 5) is 23.7. The fraction of sp³-hybridized carbons (Fsp3) is 0.500. The number of hydrogen-bond acceptors (Lipinski definition) is 5. The number of hydrogen-bond donors (Lipinski definition) is 2. The molecule has 1 saturated carbocycles. The van der Waals surface area contributed by atoms with E-state index < -0.39 is 24.1 Å². The first-order chi connectivity index (χ1) is 12.0. The summed E-state index contributed by atoms with van der Waals surface area (Å²) in [6, 6.07) is 9.42. The van der Waals surface area contributed by atoms with Gasteiger partial charge >= 0.3 is 5.97 Å². The van der Waals surface area contributed by atoms with Gasteiger partial charge in [0.1, 0.15) is 5.78 Å². The molecule has 0 radical (unpaired) electrons. The van der Waals surface area contributed by atoms with Crippen molar-refractivity contribution in [1.82, 2.24) is 0 Å². The van der Waals surface area contributed by atoms with Crippen molar-refractivity contribution in [2.45, 2.75) is 44.8 Å². The predicted molar refractivity (Wildman–Crippen MR) is 93.6 cm³/mol. The first-order valence-electron chi connectivity index (χ1n) is 8.79. The van der Waals surface area contributed by atoms with Gasteiger partial charge in [-0.25, -0.2) is 0 Å². The highest BCUT2D eigenvalue weighted by Crippen LogP contribution is 2.33. The zero-order valence-electron chi connectivity index (χ0n) is 14.5. The number of carbonyl (C=O) groups is 2. The normalized spacial score (nSPS) is 24.6. The Morgan fingerprint density at radius 2 is 2.08 bits per heavy atom. The summed E-state index contributed by atoms with van der Waals surface area (Å²) in [5, 5.41) is 20.2. The maximum absolute atomic E-state index is 12.0. The van der Waals surface area contributed by atoms with Gasteiger partial charge in [0, 0.05) is 18.3 Å². The number of esters is 1. The van der Waals surface area contributed by atoms with Crippen molar-refractivity contribution in [2.75, 3.05) is 6.61 Å². The van der Waals surface area contributed by atoms with Crippen LogP contribution in [-0.4, -0.2) is 34.7 Å². The molecular formula is C20H26O5. The Labute approximate surface area is 148 Å². The number of rotatable bonds is 8. The van der Waals surface area contributed by atoms with Gasteiger partial charge in [-0.3, -0.25) is 9.59 Å². The van der Waals surface area contributed by atoms with Gasteiger partial charge in [-0.05, 0) is 25.3 Å². The zero-order chi connectivity index (χ0) is 18.2. The van der Waals surface area contributed by atoms with E-state index in [4.69, 9.17) is 4.74 Å². The molecule has 136 valence electrons. The lowest BCUT2D eigenvalue weighted by atomic mass is 9.90. The van der Waals surface area contributed by atoms with E-state index in [-0.39, 0.29) is 31.1 Å². The minimum Gasteiger partial charge on any atom is -0.466 e. The Morgan fingerprint density at radius 1 is 1.36 bits per heavy atom. The standard InChI is InChI=1S/C20H26O5/c1-2-25-20(24)12-16-15(18(22)13-19(16)23)10-6-7-11-17(21)14-8-4-3-5-9-14/h3-6,8-10,15-18,21-22H,2,7,11-13H2,1H3/b10-6+/t15-,16-,17?,18+/m1/s1. The summed E-state index contributed by atoms with van der Waals surface area (Å²) in [5.74, 6) is -1.40. The van der Waals surface area contributed by atoms with E-state index >= 15 is 0 Å². The van der Waals surface area contributed by atoms with Gasteiger partial charge in [0.25, 0.3) is 0 Å². The van der Waals surface area contributed by atoms with Crippen LogP contribution < -0.4 is 0 Å². The molecule has 25 heavy (non-hydrogen) atoms. The Kier molecular flexibility index (Phi) is 7.34. The number of aliphatic hydroxyl groups excluding tert-OH is 2. The van der Waals surface area contributed by atoms with Crippen molar-refractivity contribution >= 4 is 11.8 Å². The Morgan fingerprint density at radius 3 is 2.76 bits per heavy atom. The molecule has 0 spiro atoms. The second-order valence-corrected chi connectivity index (χ2v) is 6.36. The fourth-order valence-electron chi connectivity index (χ4n) is 3.24. The number of benzene rings is 1. The molecule has 4 atom stereocenters. The summed E-state index contributed by atoms with van der Waals surface area (Å²) >= 11 is 0. The fourth-order valence-corrected chi connectivity index (χ4v) is 3.24. The van der Waals surface area contributed by atoms with Gasteiger partial charge < -0.3 is 14.9 Å². The van der Waals surface area contributed by atoms with E-state index in [1.807, 2.05) is 36.4 Å². The van der Waals surface area contributed by atoms with Crippen LogP contribution in [0.25, 0.3) is 0 Å². The van der Waals surface area contributed by atoms with Crippen LogP contribution in [-0.2, 0) is 14.3 Å². The third-order valence-electron chi connectivity index (χ3n) is 4.57. The van der Waals surface area contributed by atoms with Gasteiger partial charge in [0.15, 0.2) is 0 Å². The number of ketones is 1. The first kappa shape index (κ1) is 19.3. The number of allylic oxidation sites excluding steroid dienone is 1. The summed E-state index contributed by atoms with van der Waals surface area (Å²) in [7, 11) is 0.